The highest BCUT2D eigenvalue weighted by Gasteiger charge is 2.22. The molecule has 2 heterocycles. The Morgan fingerprint density at radius 2 is 2.05 bits per heavy atom. The fourth-order valence-corrected chi connectivity index (χ4v) is 2.81. The number of anilines is 1. The van der Waals surface area contributed by atoms with Crippen molar-refractivity contribution in [1.29, 1.82) is 0 Å². The minimum absolute atomic E-state index is 0.408. The first-order valence-electron chi connectivity index (χ1n) is 6.46. The molecule has 2 aromatic rings. The van der Waals surface area contributed by atoms with Crippen LogP contribution in [0, 0.1) is 5.92 Å². The summed E-state index contributed by atoms with van der Waals surface area (Å²) in [4.78, 5) is 6.94. The van der Waals surface area contributed by atoms with Crippen LogP contribution in [0.3, 0.4) is 0 Å². The average molecular weight is 257 g/mol. The maximum Gasteiger partial charge on any atom is 0.107 e. The SMILES string of the molecule is CC(C)C1=Nc2ccc3c(c(N)cn3N)c2CN1C. The van der Waals surface area contributed by atoms with Crippen LogP contribution in [0.2, 0.25) is 0 Å². The summed E-state index contributed by atoms with van der Waals surface area (Å²) < 4.78 is 1.58. The standard InChI is InChI=1S/C14H19N5/c1-8(2)14-17-11-4-5-12-13(9(11)6-18(14)3)10(15)7-19(12)16/h4-5,7-8H,6,15-16H2,1-3H3. The fraction of sp³-hybridized carbons (Fsp3) is 0.357. The number of nitrogens with two attached hydrogens (primary N) is 2. The number of fused-ring (bicyclic) bond motifs is 3. The van der Waals surface area contributed by atoms with Gasteiger partial charge in [-0.1, -0.05) is 13.8 Å². The largest absolute Gasteiger partial charge is 0.397 e. The molecule has 3 rings (SSSR count). The number of rotatable bonds is 1. The van der Waals surface area contributed by atoms with Crippen molar-refractivity contribution in [3.05, 3.63) is 23.9 Å². The second-order valence-corrected chi connectivity index (χ2v) is 5.43. The number of nitrogen functional groups attached to an aromatic ring is 2. The van der Waals surface area contributed by atoms with E-state index in [2.05, 4.69) is 25.8 Å². The van der Waals surface area contributed by atoms with Crippen molar-refractivity contribution in [3.8, 4) is 0 Å². The number of nitrogens with zero attached hydrogens (tertiary/aromatic N) is 3. The Bertz CT molecular complexity index is 681. The van der Waals surface area contributed by atoms with Crippen LogP contribution in [0.1, 0.15) is 19.4 Å². The molecular weight excluding hydrogens is 238 g/mol. The first-order chi connectivity index (χ1) is 8.99. The highest BCUT2D eigenvalue weighted by molar-refractivity contribution is 6.00. The molecule has 1 aliphatic rings. The van der Waals surface area contributed by atoms with Crippen LogP contribution in [0.25, 0.3) is 10.9 Å². The smallest absolute Gasteiger partial charge is 0.107 e. The minimum atomic E-state index is 0.408. The molecule has 1 aromatic heterocycles. The lowest BCUT2D eigenvalue weighted by molar-refractivity contribution is 0.467. The number of benzene rings is 1. The molecule has 4 N–H and O–H groups in total. The number of hydrogen-bond acceptors (Lipinski definition) is 4. The lowest BCUT2D eigenvalue weighted by Crippen LogP contribution is -2.32. The van der Waals surface area contributed by atoms with Gasteiger partial charge in [0.15, 0.2) is 0 Å². The summed E-state index contributed by atoms with van der Waals surface area (Å²) >= 11 is 0. The van der Waals surface area contributed by atoms with Gasteiger partial charge in [0.1, 0.15) is 5.84 Å². The van der Waals surface area contributed by atoms with E-state index >= 15 is 0 Å². The van der Waals surface area contributed by atoms with Gasteiger partial charge in [-0.05, 0) is 12.1 Å². The first kappa shape index (κ1) is 11.9. The van der Waals surface area contributed by atoms with E-state index < -0.39 is 0 Å². The third kappa shape index (κ3) is 1.65. The Morgan fingerprint density at radius 1 is 1.32 bits per heavy atom. The third-order valence-electron chi connectivity index (χ3n) is 3.65. The predicted molar refractivity (Wildman–Crippen MR) is 79.9 cm³/mol. The average Bonchev–Trinajstić information content (AvgIpc) is 2.64. The van der Waals surface area contributed by atoms with Gasteiger partial charge in [0.25, 0.3) is 0 Å². The van der Waals surface area contributed by atoms with E-state index in [-0.39, 0.29) is 0 Å². The normalized spacial score (nSPS) is 14.9. The van der Waals surface area contributed by atoms with Gasteiger partial charge in [0.05, 0.1) is 16.9 Å². The lowest BCUT2D eigenvalue weighted by atomic mass is 10.0. The highest BCUT2D eigenvalue weighted by Crippen LogP contribution is 2.36. The predicted octanol–water partition coefficient (Wildman–Crippen LogP) is 2.07. The van der Waals surface area contributed by atoms with Gasteiger partial charge in [-0.2, -0.15) is 0 Å². The topological polar surface area (TPSA) is 72.6 Å². The molecule has 0 bridgehead atoms. The molecule has 0 saturated heterocycles. The van der Waals surface area contributed by atoms with Crippen molar-refractivity contribution in [2.24, 2.45) is 10.9 Å². The summed E-state index contributed by atoms with van der Waals surface area (Å²) in [5.74, 6) is 7.42. The summed E-state index contributed by atoms with van der Waals surface area (Å²) in [6.07, 6.45) is 1.76. The van der Waals surface area contributed by atoms with E-state index in [1.165, 1.54) is 0 Å². The van der Waals surface area contributed by atoms with Gasteiger partial charge in [-0.25, -0.2) is 4.99 Å². The van der Waals surface area contributed by atoms with Crippen molar-refractivity contribution in [2.45, 2.75) is 20.4 Å². The van der Waals surface area contributed by atoms with Crippen molar-refractivity contribution in [2.75, 3.05) is 18.6 Å². The van der Waals surface area contributed by atoms with E-state index in [0.29, 0.717) is 11.6 Å². The van der Waals surface area contributed by atoms with E-state index in [4.69, 9.17) is 16.6 Å². The second kappa shape index (κ2) is 3.91. The van der Waals surface area contributed by atoms with Gasteiger partial charge >= 0.3 is 0 Å². The van der Waals surface area contributed by atoms with Gasteiger partial charge in [-0.3, -0.25) is 4.68 Å². The van der Waals surface area contributed by atoms with E-state index in [9.17, 15) is 0 Å². The molecule has 0 radical (unpaired) electrons. The Hall–Kier alpha value is -2.17. The van der Waals surface area contributed by atoms with Crippen molar-refractivity contribution in [1.82, 2.24) is 9.58 Å². The summed E-state index contributed by atoms with van der Waals surface area (Å²) in [6.45, 7) is 5.13. The van der Waals surface area contributed by atoms with E-state index in [1.54, 1.807) is 10.9 Å². The van der Waals surface area contributed by atoms with Crippen molar-refractivity contribution in [3.63, 3.8) is 0 Å². The Kier molecular flexibility index (Phi) is 2.45. The number of amidine groups is 1. The molecule has 5 nitrogen and oxygen atoms in total. The minimum Gasteiger partial charge on any atom is -0.397 e. The molecule has 1 aliphatic heterocycles. The Balaban J connectivity index is 2.28. The first-order valence-corrected chi connectivity index (χ1v) is 6.46. The summed E-state index contributed by atoms with van der Waals surface area (Å²) in [5.41, 5.74) is 9.90. The molecule has 5 heteroatoms. The molecule has 0 spiro atoms. The zero-order valence-electron chi connectivity index (χ0n) is 11.5. The van der Waals surface area contributed by atoms with Gasteiger partial charge in [0, 0.05) is 36.7 Å². The van der Waals surface area contributed by atoms with Crippen LogP contribution < -0.4 is 11.6 Å². The number of aliphatic imine (C=N–C) groups is 1. The maximum absolute atomic E-state index is 6.07. The van der Waals surface area contributed by atoms with Crippen molar-refractivity contribution < 1.29 is 0 Å². The molecule has 1 aromatic carbocycles. The van der Waals surface area contributed by atoms with Gasteiger partial charge in [0.2, 0.25) is 0 Å². The molecule has 19 heavy (non-hydrogen) atoms. The molecule has 0 fully saturated rings. The summed E-state index contributed by atoms with van der Waals surface area (Å²) in [6, 6.07) is 4.01. The van der Waals surface area contributed by atoms with Crippen molar-refractivity contribution >= 4 is 28.1 Å². The fourth-order valence-electron chi connectivity index (χ4n) is 2.81. The molecule has 0 atom stereocenters. The number of aromatic nitrogens is 1. The van der Waals surface area contributed by atoms with Crippen LogP contribution in [0.15, 0.2) is 23.3 Å². The third-order valence-corrected chi connectivity index (χ3v) is 3.65. The molecule has 100 valence electrons. The zero-order valence-corrected chi connectivity index (χ0v) is 11.5. The lowest BCUT2D eigenvalue weighted by Gasteiger charge is -2.29. The molecule has 0 unspecified atom stereocenters. The van der Waals surface area contributed by atoms with Crippen LogP contribution in [0.4, 0.5) is 11.4 Å². The summed E-state index contributed by atoms with van der Waals surface area (Å²) in [7, 11) is 2.07. The van der Waals surface area contributed by atoms with E-state index in [1.807, 2.05) is 12.1 Å². The highest BCUT2D eigenvalue weighted by atomic mass is 15.3. The summed E-state index contributed by atoms with van der Waals surface area (Å²) in [5, 5.41) is 1.03. The van der Waals surface area contributed by atoms with Crippen LogP contribution in [-0.4, -0.2) is 22.5 Å². The van der Waals surface area contributed by atoms with Crippen LogP contribution in [0.5, 0.6) is 0 Å². The Morgan fingerprint density at radius 3 is 2.74 bits per heavy atom. The van der Waals surface area contributed by atoms with Crippen LogP contribution in [-0.2, 0) is 6.54 Å². The molecule has 0 amide bonds. The number of hydrogen-bond donors (Lipinski definition) is 2. The Labute approximate surface area is 112 Å². The van der Waals surface area contributed by atoms with Gasteiger partial charge in [-0.15, -0.1) is 0 Å². The second-order valence-electron chi connectivity index (χ2n) is 5.43. The van der Waals surface area contributed by atoms with E-state index in [0.717, 1.165) is 34.5 Å². The maximum atomic E-state index is 6.07. The van der Waals surface area contributed by atoms with Crippen LogP contribution >= 0.6 is 0 Å². The van der Waals surface area contributed by atoms with Gasteiger partial charge < -0.3 is 16.5 Å². The quantitative estimate of drug-likeness (QED) is 0.768. The molecule has 0 aliphatic carbocycles. The molecular formula is C14H19N5. The molecule has 0 saturated carbocycles. The zero-order chi connectivity index (χ0) is 13.7. The monoisotopic (exact) mass is 257 g/mol.